The minimum atomic E-state index is -0.190. The van der Waals surface area contributed by atoms with Gasteiger partial charge in [-0.2, -0.15) is 5.26 Å². The van der Waals surface area contributed by atoms with Gasteiger partial charge in [0.1, 0.15) is 11.8 Å². The fourth-order valence-corrected chi connectivity index (χ4v) is 2.56. The van der Waals surface area contributed by atoms with Crippen LogP contribution in [0.25, 0.3) is 5.69 Å². The number of halogens is 1. The molecule has 1 aromatic heterocycles. The Hall–Kier alpha value is -2.06. The van der Waals surface area contributed by atoms with Gasteiger partial charge in [0.05, 0.1) is 11.3 Å². The molecule has 1 heterocycles. The molecule has 0 radical (unpaired) electrons. The molecule has 0 atom stereocenters. The van der Waals surface area contributed by atoms with Gasteiger partial charge in [0.15, 0.2) is 0 Å². The van der Waals surface area contributed by atoms with E-state index in [-0.39, 0.29) is 11.9 Å². The summed E-state index contributed by atoms with van der Waals surface area (Å²) < 4.78 is 2.63. The maximum atomic E-state index is 12.3. The number of benzene rings is 1. The number of hydrogen-bond acceptors (Lipinski definition) is 2. The Balaban J connectivity index is 2.07. The van der Waals surface area contributed by atoms with Gasteiger partial charge in [-0.05, 0) is 47.0 Å². The maximum absolute atomic E-state index is 12.3. The molecule has 0 bridgehead atoms. The number of carbonyl (C=O) groups is 1. The topological polar surface area (TPSA) is 57.8 Å². The van der Waals surface area contributed by atoms with E-state index in [4.69, 9.17) is 0 Å². The van der Waals surface area contributed by atoms with E-state index >= 15 is 0 Å². The molecule has 1 fully saturated rings. The highest BCUT2D eigenvalue weighted by molar-refractivity contribution is 9.10. The molecule has 5 heteroatoms. The van der Waals surface area contributed by atoms with E-state index < -0.39 is 0 Å². The summed E-state index contributed by atoms with van der Waals surface area (Å²) in [4.78, 5) is 12.3. The molecule has 100 valence electrons. The zero-order valence-electron chi connectivity index (χ0n) is 10.6. The number of carbonyl (C=O) groups excluding carboxylic acids is 1. The molecule has 1 aromatic carbocycles. The number of amides is 1. The Labute approximate surface area is 125 Å². The van der Waals surface area contributed by atoms with Gasteiger partial charge in [0, 0.05) is 16.7 Å². The van der Waals surface area contributed by atoms with Crippen LogP contribution >= 0.6 is 15.9 Å². The highest BCUT2D eigenvalue weighted by Crippen LogP contribution is 2.25. The van der Waals surface area contributed by atoms with Crippen molar-refractivity contribution in [3.05, 3.63) is 52.3 Å². The molecule has 20 heavy (non-hydrogen) atoms. The second-order valence-corrected chi connectivity index (χ2v) is 5.61. The van der Waals surface area contributed by atoms with Crippen LogP contribution in [0, 0.1) is 11.3 Å². The van der Waals surface area contributed by atoms with E-state index in [1.807, 2.05) is 24.3 Å². The second kappa shape index (κ2) is 5.14. The van der Waals surface area contributed by atoms with Gasteiger partial charge in [0.25, 0.3) is 5.91 Å². The summed E-state index contributed by atoms with van der Waals surface area (Å²) >= 11 is 3.48. The molecule has 0 spiro atoms. The van der Waals surface area contributed by atoms with E-state index in [2.05, 4.69) is 27.3 Å². The second-order valence-electron chi connectivity index (χ2n) is 4.76. The first-order valence-corrected chi connectivity index (χ1v) is 7.17. The summed E-state index contributed by atoms with van der Waals surface area (Å²) in [6.45, 7) is 0. The molecule has 1 saturated carbocycles. The molecule has 0 aliphatic heterocycles. The van der Waals surface area contributed by atoms with Crippen LogP contribution in [-0.4, -0.2) is 16.5 Å². The van der Waals surface area contributed by atoms with Crippen molar-refractivity contribution in [2.24, 2.45) is 0 Å². The summed E-state index contributed by atoms with van der Waals surface area (Å²) in [7, 11) is 0. The number of nitrogens with one attached hydrogen (secondary N) is 1. The molecule has 4 nitrogen and oxygen atoms in total. The van der Waals surface area contributed by atoms with Crippen LogP contribution in [0.4, 0.5) is 0 Å². The van der Waals surface area contributed by atoms with Crippen LogP contribution in [0.3, 0.4) is 0 Å². The first kappa shape index (κ1) is 12.9. The van der Waals surface area contributed by atoms with Crippen molar-refractivity contribution < 1.29 is 4.79 Å². The number of aromatic nitrogens is 1. The lowest BCUT2D eigenvalue weighted by Gasteiger charge is -2.11. The monoisotopic (exact) mass is 329 g/mol. The van der Waals surface area contributed by atoms with Gasteiger partial charge >= 0.3 is 0 Å². The molecule has 3 rings (SSSR count). The third-order valence-electron chi connectivity index (χ3n) is 3.25. The standard InChI is InChI=1S/C15H12BrN3O/c16-12-3-1-2-4-13(12)19-8-7-10(9-17)14(19)15(20)18-11-5-6-11/h1-4,7-8,11H,5-6H2,(H,18,20). The number of nitrogens with zero attached hydrogens (tertiary/aromatic N) is 2. The zero-order chi connectivity index (χ0) is 14.1. The molecule has 1 aliphatic carbocycles. The molecule has 1 N–H and O–H groups in total. The number of nitriles is 1. The van der Waals surface area contributed by atoms with Crippen LogP contribution in [0.2, 0.25) is 0 Å². The molecule has 0 unspecified atom stereocenters. The van der Waals surface area contributed by atoms with Crippen LogP contribution in [0.15, 0.2) is 41.0 Å². The number of hydrogen-bond donors (Lipinski definition) is 1. The summed E-state index contributed by atoms with van der Waals surface area (Å²) in [6, 6.07) is 11.6. The van der Waals surface area contributed by atoms with Gasteiger partial charge in [-0.3, -0.25) is 4.79 Å². The van der Waals surface area contributed by atoms with Crippen molar-refractivity contribution in [2.45, 2.75) is 18.9 Å². The molecular weight excluding hydrogens is 318 g/mol. The highest BCUT2D eigenvalue weighted by atomic mass is 79.9. The normalized spacial score (nSPS) is 13.8. The largest absolute Gasteiger partial charge is 0.348 e. The predicted molar refractivity (Wildman–Crippen MR) is 78.7 cm³/mol. The van der Waals surface area contributed by atoms with Gasteiger partial charge in [0.2, 0.25) is 0 Å². The van der Waals surface area contributed by atoms with Crippen molar-refractivity contribution in [2.75, 3.05) is 0 Å². The first-order chi connectivity index (χ1) is 9.70. The predicted octanol–water partition coefficient (Wildman–Crippen LogP) is 3.00. The zero-order valence-corrected chi connectivity index (χ0v) is 12.2. The lowest BCUT2D eigenvalue weighted by Crippen LogP contribution is -2.28. The van der Waals surface area contributed by atoms with E-state index in [0.717, 1.165) is 23.0 Å². The van der Waals surface area contributed by atoms with E-state index in [0.29, 0.717) is 11.3 Å². The lowest BCUT2D eigenvalue weighted by atomic mass is 10.2. The molecule has 1 amide bonds. The van der Waals surface area contributed by atoms with E-state index in [1.54, 1.807) is 16.8 Å². The fraction of sp³-hybridized carbons (Fsp3) is 0.200. The fourth-order valence-electron chi connectivity index (χ4n) is 2.08. The van der Waals surface area contributed by atoms with Crippen molar-refractivity contribution in [1.29, 1.82) is 5.26 Å². The van der Waals surface area contributed by atoms with Crippen molar-refractivity contribution in [1.82, 2.24) is 9.88 Å². The van der Waals surface area contributed by atoms with E-state index in [1.165, 1.54) is 0 Å². The maximum Gasteiger partial charge on any atom is 0.269 e. The van der Waals surface area contributed by atoms with Crippen LogP contribution in [0.5, 0.6) is 0 Å². The molecule has 0 saturated heterocycles. The Bertz CT molecular complexity index is 710. The number of rotatable bonds is 3. The Morgan fingerprint density at radius 1 is 1.35 bits per heavy atom. The summed E-state index contributed by atoms with van der Waals surface area (Å²) in [6.07, 6.45) is 3.78. The van der Waals surface area contributed by atoms with Gasteiger partial charge in [-0.25, -0.2) is 0 Å². The van der Waals surface area contributed by atoms with E-state index in [9.17, 15) is 10.1 Å². The minimum absolute atomic E-state index is 0.190. The third-order valence-corrected chi connectivity index (χ3v) is 3.92. The Morgan fingerprint density at radius 3 is 2.75 bits per heavy atom. The molecule has 2 aromatic rings. The van der Waals surface area contributed by atoms with Crippen LogP contribution < -0.4 is 5.32 Å². The van der Waals surface area contributed by atoms with Gasteiger partial charge < -0.3 is 9.88 Å². The molecular formula is C15H12BrN3O. The highest BCUT2D eigenvalue weighted by Gasteiger charge is 2.27. The minimum Gasteiger partial charge on any atom is -0.348 e. The van der Waals surface area contributed by atoms with Crippen molar-refractivity contribution >= 4 is 21.8 Å². The summed E-state index contributed by atoms with van der Waals surface area (Å²) in [5, 5.41) is 12.1. The summed E-state index contributed by atoms with van der Waals surface area (Å²) in [5.74, 6) is -0.190. The van der Waals surface area contributed by atoms with Gasteiger partial charge in [-0.1, -0.05) is 12.1 Å². The third kappa shape index (κ3) is 2.35. The van der Waals surface area contributed by atoms with Crippen LogP contribution in [0.1, 0.15) is 28.9 Å². The molecule has 1 aliphatic rings. The number of para-hydroxylation sites is 1. The smallest absolute Gasteiger partial charge is 0.269 e. The SMILES string of the molecule is N#Cc1ccn(-c2ccccc2Br)c1C(=O)NC1CC1. The first-order valence-electron chi connectivity index (χ1n) is 6.38. The lowest BCUT2D eigenvalue weighted by molar-refractivity contribution is 0.0944. The van der Waals surface area contributed by atoms with Gasteiger partial charge in [-0.15, -0.1) is 0 Å². The van der Waals surface area contributed by atoms with Crippen LogP contribution in [-0.2, 0) is 0 Å². The Kier molecular flexibility index (Phi) is 3.33. The summed E-state index contributed by atoms with van der Waals surface area (Å²) in [5.41, 5.74) is 1.63. The Morgan fingerprint density at radius 2 is 2.10 bits per heavy atom. The van der Waals surface area contributed by atoms with Crippen molar-refractivity contribution in [3.63, 3.8) is 0 Å². The quantitative estimate of drug-likeness (QED) is 0.940. The van der Waals surface area contributed by atoms with Crippen molar-refractivity contribution in [3.8, 4) is 11.8 Å². The average Bonchev–Trinajstić information content (AvgIpc) is 3.15. The average molecular weight is 330 g/mol.